The molecule has 5 rings (SSSR count). The third kappa shape index (κ3) is 5.57. The Labute approximate surface area is 239 Å². The largest absolute Gasteiger partial charge is 0.334 e. The van der Waals surface area contributed by atoms with E-state index in [2.05, 4.69) is 4.72 Å². The smallest absolute Gasteiger partial charge is 0.246 e. The first-order chi connectivity index (χ1) is 18.7. The molecule has 2 amide bonds. The van der Waals surface area contributed by atoms with Gasteiger partial charge < -0.3 is 9.80 Å². The lowest BCUT2D eigenvalue weighted by molar-refractivity contribution is -0.167. The summed E-state index contributed by atoms with van der Waals surface area (Å²) in [7, 11) is -8.49. The molecule has 3 aliphatic rings. The van der Waals surface area contributed by atoms with Gasteiger partial charge in [-0.15, -0.1) is 0 Å². The Bertz CT molecular complexity index is 1610. The fourth-order valence-electron chi connectivity index (χ4n) is 5.17. The van der Waals surface area contributed by atoms with Crippen molar-refractivity contribution in [2.24, 2.45) is 0 Å². The second-order valence-corrected chi connectivity index (χ2v) is 14.5. The summed E-state index contributed by atoms with van der Waals surface area (Å²) in [5.74, 6) is -3.57. The zero-order chi connectivity index (χ0) is 29.1. The van der Waals surface area contributed by atoms with Crippen molar-refractivity contribution in [3.8, 4) is 0 Å². The lowest BCUT2D eigenvalue weighted by Crippen LogP contribution is -2.76. The van der Waals surface area contributed by atoms with Gasteiger partial charge in [-0.3, -0.25) is 9.59 Å². The maximum atomic E-state index is 14.0. The highest BCUT2D eigenvalue weighted by Gasteiger charge is 2.56. The Morgan fingerprint density at radius 3 is 2.25 bits per heavy atom. The van der Waals surface area contributed by atoms with E-state index in [0.29, 0.717) is 12.8 Å². The number of halogens is 4. The molecule has 3 unspecified atom stereocenters. The van der Waals surface area contributed by atoms with Crippen molar-refractivity contribution in [1.82, 2.24) is 18.8 Å². The van der Waals surface area contributed by atoms with Gasteiger partial charge in [0.2, 0.25) is 31.9 Å². The summed E-state index contributed by atoms with van der Waals surface area (Å²) < 4.78 is 83.0. The van der Waals surface area contributed by atoms with E-state index in [0.717, 1.165) is 27.6 Å². The van der Waals surface area contributed by atoms with Crippen molar-refractivity contribution in [2.45, 2.75) is 48.4 Å². The number of sulfonamides is 2. The Balaban J connectivity index is 1.63. The van der Waals surface area contributed by atoms with E-state index in [1.807, 2.05) is 0 Å². The van der Waals surface area contributed by atoms with Crippen LogP contribution in [0.2, 0.25) is 10.0 Å². The topological polar surface area (TPSA) is 124 Å². The number of carbonyl (C=O) groups is 2. The minimum Gasteiger partial charge on any atom is -0.334 e. The maximum absolute atomic E-state index is 14.0. The third-order valence-corrected chi connectivity index (χ3v) is 10.4. The van der Waals surface area contributed by atoms with Crippen LogP contribution in [0.4, 0.5) is 8.78 Å². The Hall–Kier alpha value is -2.36. The molecule has 2 aliphatic heterocycles. The molecule has 0 bridgehead atoms. The molecule has 216 valence electrons. The van der Waals surface area contributed by atoms with Crippen LogP contribution in [0.3, 0.4) is 0 Å². The monoisotopic (exact) mass is 636 g/mol. The van der Waals surface area contributed by atoms with Gasteiger partial charge >= 0.3 is 0 Å². The maximum Gasteiger partial charge on any atom is 0.246 e. The van der Waals surface area contributed by atoms with E-state index in [9.17, 15) is 35.2 Å². The molecule has 1 N–H and O–H groups in total. The van der Waals surface area contributed by atoms with Crippen molar-refractivity contribution in [3.63, 3.8) is 0 Å². The van der Waals surface area contributed by atoms with Gasteiger partial charge in [0.15, 0.2) is 11.6 Å². The first-order valence-electron chi connectivity index (χ1n) is 12.2. The number of fused-ring (bicyclic) bond motifs is 1. The number of nitrogens with zero attached hydrogens (tertiary/aromatic N) is 3. The number of piperazine rings is 1. The van der Waals surface area contributed by atoms with Crippen molar-refractivity contribution < 1.29 is 35.2 Å². The number of nitrogens with one attached hydrogen (secondary N) is 1. The average Bonchev–Trinajstić information content (AvgIpc) is 3.68. The van der Waals surface area contributed by atoms with Crippen LogP contribution in [0.1, 0.15) is 18.4 Å². The Morgan fingerprint density at radius 1 is 0.950 bits per heavy atom. The number of benzene rings is 2. The predicted octanol–water partition coefficient (Wildman–Crippen LogP) is 1.96. The van der Waals surface area contributed by atoms with Gasteiger partial charge in [-0.2, -0.15) is 4.31 Å². The van der Waals surface area contributed by atoms with Crippen LogP contribution >= 0.6 is 23.2 Å². The molecule has 0 radical (unpaired) electrons. The van der Waals surface area contributed by atoms with Gasteiger partial charge in [-0.05, 0) is 48.7 Å². The van der Waals surface area contributed by atoms with E-state index < -0.39 is 68.3 Å². The van der Waals surface area contributed by atoms with Crippen LogP contribution in [0.25, 0.3) is 0 Å². The summed E-state index contributed by atoms with van der Waals surface area (Å²) in [6, 6.07) is 3.75. The predicted molar refractivity (Wildman–Crippen MR) is 141 cm³/mol. The van der Waals surface area contributed by atoms with Gasteiger partial charge in [0.05, 0.1) is 17.8 Å². The first kappa shape index (κ1) is 29.1. The fraction of sp³-hybridized carbons (Fsp3) is 0.417. The quantitative estimate of drug-likeness (QED) is 0.496. The van der Waals surface area contributed by atoms with Crippen molar-refractivity contribution in [1.29, 1.82) is 0 Å². The SMILES string of the molecule is CS(=O)(=O)NC1CN(S(=O)(=O)c2ccc(Cl)cc2Cl)C2CN(C3CC3)C(=O)C(Cc3ccc(F)c(F)c3)N2C1=O. The second-order valence-electron chi connectivity index (χ2n) is 10.0. The van der Waals surface area contributed by atoms with Crippen LogP contribution in [-0.4, -0.2) is 86.4 Å². The molecule has 0 spiro atoms. The van der Waals surface area contributed by atoms with Crippen LogP contribution in [0.15, 0.2) is 41.3 Å². The van der Waals surface area contributed by atoms with E-state index >= 15 is 0 Å². The van der Waals surface area contributed by atoms with Crippen molar-refractivity contribution in [2.75, 3.05) is 19.3 Å². The summed E-state index contributed by atoms with van der Waals surface area (Å²) in [6.45, 7) is -0.738. The zero-order valence-electron chi connectivity index (χ0n) is 20.9. The highest BCUT2D eigenvalue weighted by atomic mass is 35.5. The molecular weight excluding hydrogens is 613 g/mol. The minimum absolute atomic E-state index is 0.167. The Kier molecular flexibility index (Phi) is 7.64. The highest BCUT2D eigenvalue weighted by Crippen LogP contribution is 2.38. The molecule has 3 fully saturated rings. The summed E-state index contributed by atoms with van der Waals surface area (Å²) in [6.07, 6.45) is 0.686. The standard InChI is InChI=1S/C24H24Cl2F2N4O6S2/c1-39(35,36)29-19-11-31(40(37,38)21-7-3-14(25)10-16(21)26)22-12-30(15-4-5-15)24(34)20(32(22)23(19)33)9-13-2-6-17(27)18(28)8-13/h2-3,6-8,10,15,19-20,22,29H,4-5,9,11-12H2,1H3. The third-order valence-electron chi connectivity index (χ3n) is 7.07. The number of carbonyl (C=O) groups excluding carboxylic acids is 2. The van der Waals surface area contributed by atoms with Gasteiger partial charge in [-0.25, -0.2) is 30.3 Å². The molecule has 1 aliphatic carbocycles. The van der Waals surface area contributed by atoms with Crippen LogP contribution < -0.4 is 4.72 Å². The molecular formula is C24H24Cl2F2N4O6S2. The summed E-state index contributed by atoms with van der Waals surface area (Å²) >= 11 is 12.2. The number of amides is 2. The fourth-order valence-corrected chi connectivity index (χ4v) is 8.19. The zero-order valence-corrected chi connectivity index (χ0v) is 24.1. The lowest BCUT2D eigenvalue weighted by atomic mass is 9.97. The molecule has 2 heterocycles. The van der Waals surface area contributed by atoms with Crippen molar-refractivity contribution in [3.05, 3.63) is 63.6 Å². The average molecular weight is 638 g/mol. The second kappa shape index (κ2) is 10.5. The van der Waals surface area contributed by atoms with Gasteiger partial charge in [0.25, 0.3) is 0 Å². The number of hydrogen-bond acceptors (Lipinski definition) is 6. The molecule has 1 saturated carbocycles. The molecule has 3 atom stereocenters. The van der Waals surface area contributed by atoms with E-state index in [4.69, 9.17) is 23.2 Å². The highest BCUT2D eigenvalue weighted by molar-refractivity contribution is 7.89. The number of hydrogen-bond donors (Lipinski definition) is 1. The summed E-state index contributed by atoms with van der Waals surface area (Å²) in [5.41, 5.74) is 0.190. The summed E-state index contributed by atoms with van der Waals surface area (Å²) in [5, 5.41) is -0.00127. The van der Waals surface area contributed by atoms with Gasteiger partial charge in [0.1, 0.15) is 23.1 Å². The first-order valence-corrected chi connectivity index (χ1v) is 16.3. The number of rotatable bonds is 7. The molecule has 16 heteroatoms. The van der Waals surface area contributed by atoms with Crippen molar-refractivity contribution >= 4 is 55.1 Å². The summed E-state index contributed by atoms with van der Waals surface area (Å²) in [4.78, 5) is 29.7. The van der Waals surface area contributed by atoms with Crippen LogP contribution in [-0.2, 0) is 36.1 Å². The van der Waals surface area contributed by atoms with E-state index in [1.165, 1.54) is 29.2 Å². The Morgan fingerprint density at radius 2 is 1.65 bits per heavy atom. The van der Waals surface area contributed by atoms with E-state index in [-0.39, 0.29) is 39.5 Å². The lowest BCUT2D eigenvalue weighted by Gasteiger charge is -2.53. The molecule has 0 aromatic heterocycles. The minimum atomic E-state index is -4.48. The molecule has 2 aromatic carbocycles. The molecule has 2 saturated heterocycles. The molecule has 10 nitrogen and oxygen atoms in total. The van der Waals surface area contributed by atoms with E-state index in [1.54, 1.807) is 0 Å². The molecule has 2 aromatic rings. The van der Waals surface area contributed by atoms with Crippen LogP contribution in [0, 0.1) is 11.6 Å². The van der Waals surface area contributed by atoms with Crippen LogP contribution in [0.5, 0.6) is 0 Å². The van der Waals surface area contributed by atoms with Gasteiger partial charge in [-0.1, -0.05) is 29.3 Å². The normalized spacial score (nSPS) is 24.4. The van der Waals surface area contributed by atoms with Gasteiger partial charge in [0, 0.05) is 24.0 Å². The molecule has 40 heavy (non-hydrogen) atoms.